The Kier molecular flexibility index (Phi) is 6.81. The van der Waals surface area contributed by atoms with Gasteiger partial charge in [-0.05, 0) is 42.7 Å². The van der Waals surface area contributed by atoms with E-state index in [-0.39, 0.29) is 12.6 Å². The van der Waals surface area contributed by atoms with Crippen LogP contribution < -0.4 is 15.8 Å². The minimum absolute atomic E-state index is 0.143. The summed E-state index contributed by atoms with van der Waals surface area (Å²) in [5.41, 5.74) is 9.10. The molecular formula is C22H23N7O2S. The van der Waals surface area contributed by atoms with Gasteiger partial charge in [-0.2, -0.15) is 15.0 Å². The molecule has 10 heteroatoms. The Morgan fingerprint density at radius 1 is 1.06 bits per heavy atom. The summed E-state index contributed by atoms with van der Waals surface area (Å²) in [6.07, 6.45) is 0.888. The van der Waals surface area contributed by atoms with Crippen molar-refractivity contribution in [3.8, 4) is 5.75 Å². The molecule has 0 atom stereocenters. The Morgan fingerprint density at radius 2 is 1.94 bits per heavy atom. The summed E-state index contributed by atoms with van der Waals surface area (Å²) in [6.45, 7) is 4.29. The Morgan fingerprint density at radius 3 is 2.78 bits per heavy atom. The number of nitrogens with zero attached hydrogens (tertiary/aromatic N) is 5. The van der Waals surface area contributed by atoms with Gasteiger partial charge in [0, 0.05) is 5.69 Å². The molecule has 2 aromatic heterocycles. The van der Waals surface area contributed by atoms with E-state index < -0.39 is 0 Å². The Balaban J connectivity index is 1.37. The lowest BCUT2D eigenvalue weighted by molar-refractivity contribution is 0.252. The van der Waals surface area contributed by atoms with E-state index in [9.17, 15) is 0 Å². The van der Waals surface area contributed by atoms with Crippen LogP contribution in [0.5, 0.6) is 5.75 Å². The standard InChI is InChI=1S/C22H23N7O2S/c1-3-15-8-4-5-10-17(15)24-21-26-18(25-20(23)27-21)13-32-22-29-28-19(31-22)12-30-16-9-6-7-14(2)11-16/h4-11H,3,12-13H2,1-2H3,(H3,23,24,25,26,27). The van der Waals surface area contributed by atoms with E-state index in [0.29, 0.717) is 28.6 Å². The van der Waals surface area contributed by atoms with Crippen LogP contribution in [0.3, 0.4) is 0 Å². The third-order valence-electron chi connectivity index (χ3n) is 4.47. The fourth-order valence-corrected chi connectivity index (χ4v) is 3.60. The lowest BCUT2D eigenvalue weighted by atomic mass is 10.1. The smallest absolute Gasteiger partial charge is 0.277 e. The van der Waals surface area contributed by atoms with E-state index in [4.69, 9.17) is 14.9 Å². The van der Waals surface area contributed by atoms with E-state index >= 15 is 0 Å². The SMILES string of the molecule is CCc1ccccc1Nc1nc(N)nc(CSc2nnc(COc3cccc(C)c3)o2)n1. The molecule has 2 aromatic carbocycles. The van der Waals surface area contributed by atoms with Crippen LogP contribution in [0, 0.1) is 6.92 Å². The second-order valence-corrected chi connectivity index (χ2v) is 7.85. The van der Waals surface area contributed by atoms with Gasteiger partial charge >= 0.3 is 0 Å². The molecular weight excluding hydrogens is 426 g/mol. The molecule has 164 valence electrons. The molecule has 0 radical (unpaired) electrons. The molecule has 0 bridgehead atoms. The summed E-state index contributed by atoms with van der Waals surface area (Å²) < 4.78 is 11.3. The molecule has 0 spiro atoms. The Labute approximate surface area is 189 Å². The van der Waals surface area contributed by atoms with E-state index in [0.717, 1.165) is 29.0 Å². The maximum Gasteiger partial charge on any atom is 0.277 e. The molecule has 3 N–H and O–H groups in total. The summed E-state index contributed by atoms with van der Waals surface area (Å²) in [5, 5.41) is 11.7. The van der Waals surface area contributed by atoms with Crippen LogP contribution in [0.2, 0.25) is 0 Å². The van der Waals surface area contributed by atoms with Gasteiger partial charge in [-0.15, -0.1) is 10.2 Å². The first-order valence-electron chi connectivity index (χ1n) is 10.1. The van der Waals surface area contributed by atoms with Gasteiger partial charge in [0.1, 0.15) is 11.6 Å². The van der Waals surface area contributed by atoms with E-state index in [1.165, 1.54) is 11.8 Å². The minimum Gasteiger partial charge on any atom is -0.484 e. The number of hydrogen-bond acceptors (Lipinski definition) is 10. The van der Waals surface area contributed by atoms with Gasteiger partial charge in [0.05, 0.1) is 5.75 Å². The number of nitrogens with one attached hydrogen (secondary N) is 1. The normalized spacial score (nSPS) is 10.8. The second kappa shape index (κ2) is 10.1. The van der Waals surface area contributed by atoms with Gasteiger partial charge in [-0.25, -0.2) is 0 Å². The van der Waals surface area contributed by atoms with E-state index in [1.54, 1.807) is 0 Å². The molecule has 32 heavy (non-hydrogen) atoms. The van der Waals surface area contributed by atoms with Gasteiger partial charge < -0.3 is 20.2 Å². The van der Waals surface area contributed by atoms with Gasteiger partial charge in [-0.1, -0.05) is 49.0 Å². The van der Waals surface area contributed by atoms with Gasteiger partial charge in [0.25, 0.3) is 11.1 Å². The molecule has 2 heterocycles. The number of ether oxygens (including phenoxy) is 1. The molecule has 0 saturated heterocycles. The van der Waals surface area contributed by atoms with Crippen molar-refractivity contribution in [2.75, 3.05) is 11.1 Å². The van der Waals surface area contributed by atoms with Crippen molar-refractivity contribution in [1.29, 1.82) is 0 Å². The fourth-order valence-electron chi connectivity index (χ4n) is 2.96. The molecule has 0 saturated carbocycles. The predicted molar refractivity (Wildman–Crippen MR) is 123 cm³/mol. The topological polar surface area (TPSA) is 125 Å². The highest BCUT2D eigenvalue weighted by Crippen LogP contribution is 2.23. The van der Waals surface area contributed by atoms with Crippen LogP contribution >= 0.6 is 11.8 Å². The number of aromatic nitrogens is 5. The highest BCUT2D eigenvalue weighted by atomic mass is 32.2. The lowest BCUT2D eigenvalue weighted by Gasteiger charge is -2.10. The molecule has 0 fully saturated rings. The van der Waals surface area contributed by atoms with Crippen molar-refractivity contribution < 1.29 is 9.15 Å². The highest BCUT2D eigenvalue weighted by Gasteiger charge is 2.11. The van der Waals surface area contributed by atoms with Gasteiger partial charge in [0.2, 0.25) is 11.9 Å². The maximum absolute atomic E-state index is 5.88. The monoisotopic (exact) mass is 449 g/mol. The number of benzene rings is 2. The Bertz CT molecular complexity index is 1200. The quantitative estimate of drug-likeness (QED) is 0.357. The molecule has 9 nitrogen and oxygen atoms in total. The first-order valence-corrected chi connectivity index (χ1v) is 11.1. The number of hydrogen-bond donors (Lipinski definition) is 2. The zero-order valence-corrected chi connectivity index (χ0v) is 18.6. The molecule has 0 aliphatic heterocycles. The number of nitrogens with two attached hydrogens (primary N) is 1. The molecule has 0 unspecified atom stereocenters. The lowest BCUT2D eigenvalue weighted by Crippen LogP contribution is -2.07. The number of nitrogen functional groups attached to an aromatic ring is 1. The predicted octanol–water partition coefficient (Wildman–Crippen LogP) is 4.32. The molecule has 4 aromatic rings. The average molecular weight is 450 g/mol. The van der Waals surface area contributed by atoms with Crippen molar-refractivity contribution in [2.45, 2.75) is 37.9 Å². The number of para-hydroxylation sites is 1. The van der Waals surface area contributed by atoms with Crippen molar-refractivity contribution in [2.24, 2.45) is 0 Å². The number of anilines is 3. The third-order valence-corrected chi connectivity index (χ3v) is 5.28. The van der Waals surface area contributed by atoms with Crippen LogP contribution in [0.1, 0.15) is 29.8 Å². The zero-order valence-electron chi connectivity index (χ0n) is 17.8. The summed E-state index contributed by atoms with van der Waals surface area (Å²) in [7, 11) is 0. The average Bonchev–Trinajstić information content (AvgIpc) is 3.24. The number of aryl methyl sites for hydroxylation is 2. The number of rotatable bonds is 9. The molecule has 0 amide bonds. The minimum atomic E-state index is 0.143. The number of thioether (sulfide) groups is 1. The first-order chi connectivity index (χ1) is 15.6. The molecule has 0 aliphatic carbocycles. The van der Waals surface area contributed by atoms with E-state index in [2.05, 4.69) is 43.5 Å². The third kappa shape index (κ3) is 5.73. The summed E-state index contributed by atoms with van der Waals surface area (Å²) in [5.74, 6) is 2.59. The van der Waals surface area contributed by atoms with Gasteiger partial charge in [-0.3, -0.25) is 0 Å². The summed E-state index contributed by atoms with van der Waals surface area (Å²) >= 11 is 1.32. The zero-order chi connectivity index (χ0) is 22.3. The van der Waals surface area contributed by atoms with Gasteiger partial charge in [0.15, 0.2) is 6.61 Å². The van der Waals surface area contributed by atoms with Crippen molar-refractivity contribution >= 4 is 29.3 Å². The van der Waals surface area contributed by atoms with Crippen LogP contribution in [0.4, 0.5) is 17.6 Å². The largest absolute Gasteiger partial charge is 0.484 e. The summed E-state index contributed by atoms with van der Waals surface area (Å²) in [4.78, 5) is 12.9. The van der Waals surface area contributed by atoms with Crippen molar-refractivity contribution in [3.63, 3.8) is 0 Å². The highest BCUT2D eigenvalue weighted by molar-refractivity contribution is 7.98. The molecule has 0 aliphatic rings. The van der Waals surface area contributed by atoms with Crippen LogP contribution in [0.15, 0.2) is 58.2 Å². The summed E-state index contributed by atoms with van der Waals surface area (Å²) in [6, 6.07) is 15.8. The first kappa shape index (κ1) is 21.6. The van der Waals surface area contributed by atoms with Crippen molar-refractivity contribution in [1.82, 2.24) is 25.1 Å². The van der Waals surface area contributed by atoms with Crippen molar-refractivity contribution in [3.05, 3.63) is 71.4 Å². The van der Waals surface area contributed by atoms with E-state index in [1.807, 2.05) is 49.4 Å². The second-order valence-electron chi connectivity index (χ2n) is 6.92. The molecule has 4 rings (SSSR count). The maximum atomic E-state index is 5.88. The fraction of sp³-hybridized carbons (Fsp3) is 0.227. The van der Waals surface area contributed by atoms with Crippen LogP contribution in [-0.2, 0) is 18.8 Å². The van der Waals surface area contributed by atoms with Crippen LogP contribution in [0.25, 0.3) is 0 Å². The Hall–Kier alpha value is -3.66. The van der Waals surface area contributed by atoms with Crippen LogP contribution in [-0.4, -0.2) is 25.1 Å².